The molecule has 2 fully saturated rings. The van der Waals surface area contributed by atoms with E-state index in [1.807, 2.05) is 40.1 Å². The normalized spacial score (nSPS) is 18.8. The smallest absolute Gasteiger partial charge is 0.240 e. The van der Waals surface area contributed by atoms with Crippen molar-refractivity contribution in [1.29, 1.82) is 0 Å². The van der Waals surface area contributed by atoms with E-state index in [1.54, 1.807) is 0 Å². The molecule has 3 amide bonds. The van der Waals surface area contributed by atoms with Crippen molar-refractivity contribution >= 4 is 17.7 Å². The van der Waals surface area contributed by atoms with Crippen molar-refractivity contribution in [2.24, 2.45) is 0 Å². The maximum Gasteiger partial charge on any atom is 0.240 e. The van der Waals surface area contributed by atoms with E-state index in [9.17, 15) is 14.4 Å². The number of likely N-dealkylation sites (tertiary alicyclic amines) is 1. The fourth-order valence-electron chi connectivity index (χ4n) is 3.94. The van der Waals surface area contributed by atoms with Crippen molar-refractivity contribution in [3.63, 3.8) is 0 Å². The van der Waals surface area contributed by atoms with Crippen LogP contribution in [0, 0.1) is 0 Å². The molecule has 2 saturated heterocycles. The maximum absolute atomic E-state index is 12.5. The van der Waals surface area contributed by atoms with Crippen LogP contribution in [-0.2, 0) is 20.8 Å². The van der Waals surface area contributed by atoms with Crippen LogP contribution in [0.15, 0.2) is 30.3 Å². The molecule has 2 heterocycles. The molecule has 1 aromatic rings. The summed E-state index contributed by atoms with van der Waals surface area (Å²) in [6.45, 7) is 5.45. The zero-order valence-corrected chi connectivity index (χ0v) is 17.1. The number of rotatable bonds is 6. The Hall–Kier alpha value is -2.25. The Balaban J connectivity index is 1.34. The molecule has 2 aliphatic rings. The third-order valence-electron chi connectivity index (χ3n) is 5.64. The van der Waals surface area contributed by atoms with Gasteiger partial charge in [0.15, 0.2) is 0 Å². The van der Waals surface area contributed by atoms with Crippen molar-refractivity contribution in [1.82, 2.24) is 20.0 Å². The van der Waals surface area contributed by atoms with Crippen LogP contribution in [0.25, 0.3) is 0 Å². The molecule has 2 aliphatic heterocycles. The van der Waals surface area contributed by atoms with Gasteiger partial charge in [-0.1, -0.05) is 43.2 Å². The van der Waals surface area contributed by atoms with Crippen LogP contribution in [0.3, 0.4) is 0 Å². The minimum atomic E-state index is -0.275. The van der Waals surface area contributed by atoms with Gasteiger partial charge in [0.2, 0.25) is 17.7 Å². The first-order valence-electron chi connectivity index (χ1n) is 10.7. The third-order valence-corrected chi connectivity index (χ3v) is 5.64. The fraction of sp³-hybridized carbons (Fsp3) is 0.591. The molecule has 29 heavy (non-hydrogen) atoms. The van der Waals surface area contributed by atoms with E-state index in [0.717, 1.165) is 57.7 Å². The quantitative estimate of drug-likeness (QED) is 0.768. The van der Waals surface area contributed by atoms with E-state index >= 15 is 0 Å². The summed E-state index contributed by atoms with van der Waals surface area (Å²) in [7, 11) is 0. The first-order valence-corrected chi connectivity index (χ1v) is 10.7. The maximum atomic E-state index is 12.5. The van der Waals surface area contributed by atoms with Gasteiger partial charge in [-0.15, -0.1) is 0 Å². The zero-order valence-electron chi connectivity index (χ0n) is 17.1. The highest BCUT2D eigenvalue weighted by Gasteiger charge is 2.23. The van der Waals surface area contributed by atoms with Gasteiger partial charge in [0.25, 0.3) is 0 Å². The zero-order chi connectivity index (χ0) is 20.5. The summed E-state index contributed by atoms with van der Waals surface area (Å²) >= 11 is 0. The van der Waals surface area contributed by atoms with Gasteiger partial charge in [0.1, 0.15) is 0 Å². The molecule has 0 atom stereocenters. The largest absolute Gasteiger partial charge is 0.342 e. The molecule has 0 aliphatic carbocycles. The van der Waals surface area contributed by atoms with Crippen LogP contribution < -0.4 is 5.32 Å². The first kappa shape index (κ1) is 21.5. The Bertz CT molecular complexity index is 679. The van der Waals surface area contributed by atoms with Gasteiger partial charge in [-0.25, -0.2) is 0 Å². The summed E-state index contributed by atoms with van der Waals surface area (Å²) < 4.78 is 0. The fourth-order valence-corrected chi connectivity index (χ4v) is 3.94. The Morgan fingerprint density at radius 1 is 0.724 bits per heavy atom. The molecule has 1 N–H and O–H groups in total. The van der Waals surface area contributed by atoms with E-state index < -0.39 is 0 Å². The lowest BCUT2D eigenvalue weighted by atomic mass is 10.1. The van der Waals surface area contributed by atoms with Crippen molar-refractivity contribution in [3.05, 3.63) is 35.9 Å². The number of carbonyl (C=O) groups is 3. The summed E-state index contributed by atoms with van der Waals surface area (Å²) in [5.74, 6) is -0.312. The molecule has 0 aromatic heterocycles. The average molecular weight is 401 g/mol. The predicted molar refractivity (Wildman–Crippen MR) is 111 cm³/mol. The average Bonchev–Trinajstić information content (AvgIpc) is 2.99. The second kappa shape index (κ2) is 11.1. The molecule has 0 spiro atoms. The van der Waals surface area contributed by atoms with Gasteiger partial charge in [-0.05, 0) is 18.4 Å². The number of nitrogens with one attached hydrogen (secondary N) is 1. The van der Waals surface area contributed by atoms with E-state index in [-0.39, 0.29) is 30.7 Å². The minimum absolute atomic E-state index is 0.207. The SMILES string of the molecule is O=C(Cc1ccccc1)NC(=O)CN1CCN(CC(=O)N2CCCCCC2)CC1. The molecule has 0 bridgehead atoms. The molecule has 3 rings (SSSR count). The van der Waals surface area contributed by atoms with Gasteiger partial charge in [-0.3, -0.25) is 29.5 Å². The predicted octanol–water partition coefficient (Wildman–Crippen LogP) is 0.892. The number of hydrogen-bond acceptors (Lipinski definition) is 5. The summed E-state index contributed by atoms with van der Waals surface area (Å²) in [6, 6.07) is 9.39. The highest BCUT2D eigenvalue weighted by atomic mass is 16.2. The van der Waals surface area contributed by atoms with E-state index in [0.29, 0.717) is 6.54 Å². The van der Waals surface area contributed by atoms with Gasteiger partial charge in [0.05, 0.1) is 19.5 Å². The first-order chi connectivity index (χ1) is 14.1. The lowest BCUT2D eigenvalue weighted by molar-refractivity contribution is -0.134. The Morgan fingerprint density at radius 2 is 1.31 bits per heavy atom. The number of nitrogens with zero attached hydrogens (tertiary/aromatic N) is 3. The second-order valence-corrected chi connectivity index (χ2v) is 7.98. The van der Waals surface area contributed by atoms with Crippen LogP contribution in [0.1, 0.15) is 31.2 Å². The van der Waals surface area contributed by atoms with Crippen molar-refractivity contribution in [2.45, 2.75) is 32.1 Å². The number of imide groups is 1. The van der Waals surface area contributed by atoms with Crippen molar-refractivity contribution in [2.75, 3.05) is 52.4 Å². The number of benzene rings is 1. The highest BCUT2D eigenvalue weighted by molar-refractivity contribution is 5.96. The van der Waals surface area contributed by atoms with E-state index in [4.69, 9.17) is 0 Å². The van der Waals surface area contributed by atoms with Crippen molar-refractivity contribution < 1.29 is 14.4 Å². The summed E-state index contributed by atoms with van der Waals surface area (Å²) in [4.78, 5) is 42.9. The molecule has 0 saturated carbocycles. The highest BCUT2D eigenvalue weighted by Crippen LogP contribution is 2.11. The van der Waals surface area contributed by atoms with Crippen molar-refractivity contribution in [3.8, 4) is 0 Å². The Morgan fingerprint density at radius 3 is 1.93 bits per heavy atom. The third kappa shape index (κ3) is 7.25. The van der Waals surface area contributed by atoms with Crippen LogP contribution >= 0.6 is 0 Å². The summed E-state index contributed by atoms with van der Waals surface area (Å²) in [5.41, 5.74) is 0.889. The van der Waals surface area contributed by atoms with Gasteiger partial charge in [-0.2, -0.15) is 0 Å². The molecule has 158 valence electrons. The summed E-state index contributed by atoms with van der Waals surface area (Å²) in [6.07, 6.45) is 4.87. The van der Waals surface area contributed by atoms with Gasteiger partial charge < -0.3 is 4.90 Å². The number of carbonyl (C=O) groups excluding carboxylic acids is 3. The Labute approximate surface area is 173 Å². The molecular formula is C22H32N4O3. The standard InChI is InChI=1S/C22H32N4O3/c27-20(16-19-8-4-3-5-9-19)23-21(28)17-24-12-14-25(15-13-24)18-22(29)26-10-6-1-2-7-11-26/h3-5,8-9H,1-2,6-7,10-18H2,(H,23,27,28). The van der Waals surface area contributed by atoms with E-state index in [2.05, 4.69) is 10.2 Å². The number of hydrogen-bond donors (Lipinski definition) is 1. The molecular weight excluding hydrogens is 368 g/mol. The van der Waals surface area contributed by atoms with E-state index in [1.165, 1.54) is 12.8 Å². The summed E-state index contributed by atoms with van der Waals surface area (Å²) in [5, 5.41) is 2.47. The lowest BCUT2D eigenvalue weighted by Gasteiger charge is -2.34. The van der Waals surface area contributed by atoms with Gasteiger partial charge in [0, 0.05) is 39.3 Å². The molecule has 1 aromatic carbocycles. The molecule has 7 nitrogen and oxygen atoms in total. The van der Waals surface area contributed by atoms with Crippen LogP contribution in [-0.4, -0.2) is 84.8 Å². The number of piperazine rings is 1. The second-order valence-electron chi connectivity index (χ2n) is 7.98. The van der Waals surface area contributed by atoms with Crippen LogP contribution in [0.5, 0.6) is 0 Å². The topological polar surface area (TPSA) is 73.0 Å². The minimum Gasteiger partial charge on any atom is -0.342 e. The molecule has 7 heteroatoms. The Kier molecular flexibility index (Phi) is 8.19. The van der Waals surface area contributed by atoms with Gasteiger partial charge >= 0.3 is 0 Å². The van der Waals surface area contributed by atoms with Crippen LogP contribution in [0.4, 0.5) is 0 Å². The monoisotopic (exact) mass is 400 g/mol. The molecule has 0 unspecified atom stereocenters. The number of amides is 3. The molecule has 0 radical (unpaired) electrons. The van der Waals surface area contributed by atoms with Crippen LogP contribution in [0.2, 0.25) is 0 Å². The lowest BCUT2D eigenvalue weighted by Crippen LogP contribution is -2.52.